The maximum atomic E-state index is 13.5. The lowest BCUT2D eigenvalue weighted by atomic mass is 9.64. The second kappa shape index (κ2) is 3.50. The molecule has 5 heteroatoms. The molecule has 1 aromatic rings. The van der Waals surface area contributed by atoms with E-state index in [-0.39, 0.29) is 18.4 Å². The maximum absolute atomic E-state index is 13.5. The first kappa shape index (κ1) is 11.0. The van der Waals surface area contributed by atoms with Crippen LogP contribution in [-0.4, -0.2) is 11.1 Å². The van der Waals surface area contributed by atoms with Gasteiger partial charge in [-0.3, -0.25) is 4.79 Å². The van der Waals surface area contributed by atoms with Crippen LogP contribution in [0.2, 0.25) is 0 Å². The SMILES string of the molecule is O=C(O)C1(c2cc(F)cc(F)c2F)CCC1. The second-order valence-electron chi connectivity index (χ2n) is 3.99. The summed E-state index contributed by atoms with van der Waals surface area (Å²) in [5.74, 6) is -4.80. The zero-order chi connectivity index (χ0) is 11.9. The van der Waals surface area contributed by atoms with E-state index in [0.29, 0.717) is 12.5 Å². The zero-order valence-electron chi connectivity index (χ0n) is 8.27. The van der Waals surface area contributed by atoms with Gasteiger partial charge in [0.1, 0.15) is 5.82 Å². The molecule has 0 atom stereocenters. The van der Waals surface area contributed by atoms with Gasteiger partial charge in [-0.25, -0.2) is 13.2 Å². The molecule has 1 N–H and O–H groups in total. The van der Waals surface area contributed by atoms with Crippen LogP contribution in [0, 0.1) is 17.5 Å². The number of carboxylic acid groups (broad SMARTS) is 1. The molecule has 1 aromatic carbocycles. The van der Waals surface area contributed by atoms with Crippen LogP contribution in [0.1, 0.15) is 24.8 Å². The number of hydrogen-bond acceptors (Lipinski definition) is 1. The number of carbonyl (C=O) groups is 1. The summed E-state index contributed by atoms with van der Waals surface area (Å²) in [4.78, 5) is 11.1. The van der Waals surface area contributed by atoms with Crippen LogP contribution >= 0.6 is 0 Å². The largest absolute Gasteiger partial charge is 0.481 e. The minimum absolute atomic E-state index is 0.210. The van der Waals surface area contributed by atoms with E-state index >= 15 is 0 Å². The smallest absolute Gasteiger partial charge is 0.314 e. The molecule has 0 unspecified atom stereocenters. The molecular weight excluding hydrogens is 221 g/mol. The van der Waals surface area contributed by atoms with Crippen molar-refractivity contribution in [1.82, 2.24) is 0 Å². The van der Waals surface area contributed by atoms with Crippen molar-refractivity contribution in [3.05, 3.63) is 35.1 Å². The molecule has 0 heterocycles. The van der Waals surface area contributed by atoms with Gasteiger partial charge in [-0.2, -0.15) is 0 Å². The number of rotatable bonds is 2. The van der Waals surface area contributed by atoms with Crippen LogP contribution in [0.5, 0.6) is 0 Å². The van der Waals surface area contributed by atoms with Gasteiger partial charge in [0.15, 0.2) is 11.6 Å². The third-order valence-corrected chi connectivity index (χ3v) is 3.13. The zero-order valence-corrected chi connectivity index (χ0v) is 8.27. The van der Waals surface area contributed by atoms with Gasteiger partial charge in [-0.15, -0.1) is 0 Å². The lowest BCUT2D eigenvalue weighted by Gasteiger charge is -2.38. The summed E-state index contributed by atoms with van der Waals surface area (Å²) < 4.78 is 39.4. The Hall–Kier alpha value is -1.52. The van der Waals surface area contributed by atoms with Crippen LogP contribution in [0.15, 0.2) is 12.1 Å². The molecule has 16 heavy (non-hydrogen) atoms. The monoisotopic (exact) mass is 230 g/mol. The minimum atomic E-state index is -1.45. The van der Waals surface area contributed by atoms with Crippen molar-refractivity contribution in [2.75, 3.05) is 0 Å². The molecule has 0 amide bonds. The van der Waals surface area contributed by atoms with Crippen LogP contribution < -0.4 is 0 Å². The molecule has 1 aliphatic rings. The first-order valence-corrected chi connectivity index (χ1v) is 4.86. The molecule has 0 aromatic heterocycles. The predicted octanol–water partition coefficient (Wildman–Crippen LogP) is 2.61. The van der Waals surface area contributed by atoms with Crippen molar-refractivity contribution in [2.24, 2.45) is 0 Å². The van der Waals surface area contributed by atoms with E-state index in [9.17, 15) is 18.0 Å². The Balaban J connectivity index is 2.59. The van der Waals surface area contributed by atoms with Gasteiger partial charge in [0.25, 0.3) is 0 Å². The molecule has 1 saturated carbocycles. The molecule has 86 valence electrons. The fourth-order valence-electron chi connectivity index (χ4n) is 2.03. The Kier molecular flexibility index (Phi) is 2.40. The highest BCUT2D eigenvalue weighted by molar-refractivity contribution is 5.82. The van der Waals surface area contributed by atoms with E-state index < -0.39 is 28.8 Å². The lowest BCUT2D eigenvalue weighted by Crippen LogP contribution is -2.43. The Morgan fingerprint density at radius 1 is 1.25 bits per heavy atom. The first-order chi connectivity index (χ1) is 7.47. The van der Waals surface area contributed by atoms with Gasteiger partial charge < -0.3 is 5.11 Å². The standard InChI is InChI=1S/C11H9F3O2/c12-6-4-7(9(14)8(13)5-6)11(10(15)16)2-1-3-11/h4-5H,1-3H2,(H,15,16). The van der Waals surface area contributed by atoms with Gasteiger partial charge in [0.2, 0.25) is 0 Å². The Labute approximate surface area is 89.7 Å². The normalized spacial score (nSPS) is 17.9. The number of carboxylic acids is 1. The summed E-state index contributed by atoms with van der Waals surface area (Å²) in [6.45, 7) is 0. The molecule has 2 nitrogen and oxygen atoms in total. The minimum Gasteiger partial charge on any atom is -0.481 e. The van der Waals surface area contributed by atoms with Crippen molar-refractivity contribution < 1.29 is 23.1 Å². The molecule has 0 aliphatic heterocycles. The van der Waals surface area contributed by atoms with Crippen molar-refractivity contribution in [2.45, 2.75) is 24.7 Å². The Morgan fingerprint density at radius 3 is 2.31 bits per heavy atom. The Morgan fingerprint density at radius 2 is 1.88 bits per heavy atom. The summed E-state index contributed by atoms with van der Waals surface area (Å²) in [5, 5.41) is 9.03. The third kappa shape index (κ3) is 1.38. The van der Waals surface area contributed by atoms with Crippen LogP contribution in [0.4, 0.5) is 13.2 Å². The van der Waals surface area contributed by atoms with Gasteiger partial charge >= 0.3 is 5.97 Å². The van der Waals surface area contributed by atoms with Crippen molar-refractivity contribution >= 4 is 5.97 Å². The van der Waals surface area contributed by atoms with E-state index in [1.165, 1.54) is 0 Å². The van der Waals surface area contributed by atoms with E-state index in [2.05, 4.69) is 0 Å². The van der Waals surface area contributed by atoms with Gasteiger partial charge in [0, 0.05) is 11.6 Å². The fraction of sp³-hybridized carbons (Fsp3) is 0.364. The van der Waals surface area contributed by atoms with E-state index in [0.717, 1.165) is 6.07 Å². The van der Waals surface area contributed by atoms with E-state index in [4.69, 9.17) is 5.11 Å². The molecule has 0 radical (unpaired) electrons. The van der Waals surface area contributed by atoms with Gasteiger partial charge in [-0.05, 0) is 18.9 Å². The predicted molar refractivity (Wildman–Crippen MR) is 49.5 cm³/mol. The van der Waals surface area contributed by atoms with Crippen molar-refractivity contribution in [1.29, 1.82) is 0 Å². The summed E-state index contributed by atoms with van der Waals surface area (Å²) in [7, 11) is 0. The van der Waals surface area contributed by atoms with Gasteiger partial charge in [-0.1, -0.05) is 6.42 Å². The maximum Gasteiger partial charge on any atom is 0.314 e. The first-order valence-electron chi connectivity index (χ1n) is 4.86. The average Bonchev–Trinajstić information content (AvgIpc) is 2.10. The summed E-state index contributed by atoms with van der Waals surface area (Å²) >= 11 is 0. The van der Waals surface area contributed by atoms with Crippen LogP contribution in [-0.2, 0) is 10.2 Å². The molecule has 2 rings (SSSR count). The summed E-state index contributed by atoms with van der Waals surface area (Å²) in [6, 6.07) is 1.18. The molecule has 1 aliphatic carbocycles. The fourth-order valence-corrected chi connectivity index (χ4v) is 2.03. The van der Waals surface area contributed by atoms with E-state index in [1.807, 2.05) is 0 Å². The number of aliphatic carboxylic acids is 1. The van der Waals surface area contributed by atoms with Crippen LogP contribution in [0.25, 0.3) is 0 Å². The average molecular weight is 230 g/mol. The highest BCUT2D eigenvalue weighted by atomic mass is 19.2. The highest BCUT2D eigenvalue weighted by Crippen LogP contribution is 2.45. The van der Waals surface area contributed by atoms with E-state index in [1.54, 1.807) is 0 Å². The highest BCUT2D eigenvalue weighted by Gasteiger charge is 2.48. The Bertz CT molecular complexity index is 453. The summed E-state index contributed by atoms with van der Waals surface area (Å²) in [5.41, 5.74) is -1.84. The number of benzene rings is 1. The van der Waals surface area contributed by atoms with Gasteiger partial charge in [0.05, 0.1) is 5.41 Å². The lowest BCUT2D eigenvalue weighted by molar-refractivity contribution is -0.147. The number of hydrogen-bond donors (Lipinski definition) is 1. The molecule has 0 bridgehead atoms. The molecule has 1 fully saturated rings. The van der Waals surface area contributed by atoms with Crippen LogP contribution in [0.3, 0.4) is 0 Å². The van der Waals surface area contributed by atoms with Crippen molar-refractivity contribution in [3.8, 4) is 0 Å². The summed E-state index contributed by atoms with van der Waals surface area (Å²) in [6.07, 6.45) is 1.04. The topological polar surface area (TPSA) is 37.3 Å². The van der Waals surface area contributed by atoms with Crippen molar-refractivity contribution in [3.63, 3.8) is 0 Å². The molecule has 0 spiro atoms. The number of halogens is 3. The molecule has 0 saturated heterocycles. The molecular formula is C11H9F3O2. The quantitative estimate of drug-likeness (QED) is 0.793. The third-order valence-electron chi connectivity index (χ3n) is 3.13. The second-order valence-corrected chi connectivity index (χ2v) is 3.99.